The molecule has 31 heavy (non-hydrogen) atoms. The van der Waals surface area contributed by atoms with E-state index in [-0.39, 0.29) is 17.9 Å². The first-order valence-corrected chi connectivity index (χ1v) is 12.5. The van der Waals surface area contributed by atoms with Crippen molar-refractivity contribution in [1.82, 2.24) is 20.2 Å². The number of hydrogen-bond donors (Lipinski definition) is 1. The van der Waals surface area contributed by atoms with E-state index in [2.05, 4.69) is 36.2 Å². The van der Waals surface area contributed by atoms with Gasteiger partial charge in [0.05, 0.1) is 5.60 Å². The monoisotopic (exact) mass is 428 g/mol. The van der Waals surface area contributed by atoms with E-state index in [9.17, 15) is 9.90 Å². The maximum atomic E-state index is 13.5. The Hall–Kier alpha value is -1.30. The number of carbonyl (C=O) groups is 1. The van der Waals surface area contributed by atoms with Gasteiger partial charge in [-0.05, 0) is 111 Å². The highest BCUT2D eigenvalue weighted by Crippen LogP contribution is 2.68. The van der Waals surface area contributed by atoms with Crippen molar-refractivity contribution in [3.8, 4) is 0 Å². The van der Waals surface area contributed by atoms with Crippen LogP contribution in [0.3, 0.4) is 0 Å². The normalized spacial score (nSPS) is 49.2. The summed E-state index contributed by atoms with van der Waals surface area (Å²) in [6.45, 7) is 11.4. The highest BCUT2D eigenvalue weighted by Gasteiger charge is 2.63. The van der Waals surface area contributed by atoms with Gasteiger partial charge in [0.15, 0.2) is 11.6 Å². The molecule has 1 aromatic heterocycles. The van der Waals surface area contributed by atoms with Crippen LogP contribution in [0, 0.1) is 53.3 Å². The summed E-state index contributed by atoms with van der Waals surface area (Å²) >= 11 is 0. The van der Waals surface area contributed by atoms with Gasteiger partial charge in [0.1, 0.15) is 6.54 Å². The fourth-order valence-corrected chi connectivity index (χ4v) is 9.11. The molecule has 6 nitrogen and oxygen atoms in total. The number of fused-ring (bicyclic) bond motifs is 5. The maximum absolute atomic E-state index is 13.5. The molecule has 9 atom stereocenters. The summed E-state index contributed by atoms with van der Waals surface area (Å²) in [5, 5.41) is 23.0. The van der Waals surface area contributed by atoms with Gasteiger partial charge >= 0.3 is 0 Å². The number of Topliss-reactive ketones (excluding diaryl/α,β-unsaturated/α-hetero) is 1. The van der Waals surface area contributed by atoms with Crippen LogP contribution in [0.1, 0.15) is 84.9 Å². The summed E-state index contributed by atoms with van der Waals surface area (Å²) in [7, 11) is 0. The second kappa shape index (κ2) is 7.10. The van der Waals surface area contributed by atoms with Crippen LogP contribution < -0.4 is 0 Å². The summed E-state index contributed by atoms with van der Waals surface area (Å²) in [5.74, 6) is 4.21. The Bertz CT molecular complexity index is 865. The zero-order chi connectivity index (χ0) is 22.2. The summed E-state index contributed by atoms with van der Waals surface area (Å²) < 4.78 is 0. The molecule has 6 heteroatoms. The Morgan fingerprint density at radius 3 is 2.58 bits per heavy atom. The Morgan fingerprint density at radius 2 is 1.87 bits per heavy atom. The summed E-state index contributed by atoms with van der Waals surface area (Å²) in [6, 6.07) is 0. The van der Waals surface area contributed by atoms with Crippen molar-refractivity contribution in [1.29, 1.82) is 0 Å². The maximum Gasteiger partial charge on any atom is 0.171 e. The molecule has 1 aromatic rings. The summed E-state index contributed by atoms with van der Waals surface area (Å²) in [6.07, 6.45) is 9.16. The number of aliphatic hydroxyl groups is 1. The first-order valence-electron chi connectivity index (χ1n) is 12.5. The zero-order valence-corrected chi connectivity index (χ0v) is 20.0. The van der Waals surface area contributed by atoms with Crippen molar-refractivity contribution < 1.29 is 9.90 Å². The first kappa shape index (κ1) is 21.5. The lowest BCUT2D eigenvalue weighted by molar-refractivity contribution is -0.151. The first-order chi connectivity index (χ1) is 14.5. The number of aromatic nitrogens is 4. The number of hydrogen-bond acceptors (Lipinski definition) is 5. The van der Waals surface area contributed by atoms with E-state index in [1.807, 2.05) is 13.8 Å². The predicted molar refractivity (Wildman–Crippen MR) is 118 cm³/mol. The van der Waals surface area contributed by atoms with Crippen LogP contribution in [0.15, 0.2) is 0 Å². The molecule has 0 unspecified atom stereocenters. The van der Waals surface area contributed by atoms with E-state index in [0.717, 1.165) is 37.5 Å². The number of tetrazole rings is 1. The SMILES string of the molecule is Cc1nnn(CC(=O)[C@H]2[C@H](C)C[C@H]3[C@@H]4CC[C@H]5C[C@](C)(O)CC[C@]5(C)[C@H]4CC[C@@]32C)n1. The van der Waals surface area contributed by atoms with Gasteiger partial charge < -0.3 is 5.11 Å². The lowest BCUT2D eigenvalue weighted by Crippen LogP contribution is -2.55. The highest BCUT2D eigenvalue weighted by atomic mass is 16.3. The number of nitrogens with zero attached hydrogens (tertiary/aromatic N) is 4. The molecule has 172 valence electrons. The zero-order valence-electron chi connectivity index (χ0n) is 20.0. The van der Waals surface area contributed by atoms with Crippen LogP contribution in [0.25, 0.3) is 0 Å². The second-order valence-corrected chi connectivity index (χ2v) is 12.4. The van der Waals surface area contributed by atoms with Crippen LogP contribution in [0.2, 0.25) is 0 Å². The lowest BCUT2D eigenvalue weighted by atomic mass is 9.44. The molecule has 0 spiro atoms. The van der Waals surface area contributed by atoms with Gasteiger partial charge in [-0.15, -0.1) is 10.2 Å². The summed E-state index contributed by atoms with van der Waals surface area (Å²) in [5.41, 5.74) is -0.0238. The van der Waals surface area contributed by atoms with E-state index in [1.165, 1.54) is 30.5 Å². The molecule has 1 N–H and O–H groups in total. The molecule has 4 aliphatic rings. The van der Waals surface area contributed by atoms with Crippen molar-refractivity contribution in [2.24, 2.45) is 46.3 Å². The topological polar surface area (TPSA) is 80.9 Å². The van der Waals surface area contributed by atoms with Crippen molar-refractivity contribution >= 4 is 5.78 Å². The minimum absolute atomic E-state index is 0.0939. The molecule has 5 rings (SSSR count). The molecular weight excluding hydrogens is 388 g/mol. The Morgan fingerprint density at radius 1 is 1.10 bits per heavy atom. The van der Waals surface area contributed by atoms with Gasteiger partial charge in [-0.2, -0.15) is 4.80 Å². The number of aryl methyl sites for hydroxylation is 1. The van der Waals surface area contributed by atoms with Gasteiger partial charge in [0.2, 0.25) is 0 Å². The quantitative estimate of drug-likeness (QED) is 0.780. The van der Waals surface area contributed by atoms with Gasteiger partial charge in [-0.3, -0.25) is 4.79 Å². The predicted octanol–water partition coefficient (Wildman–Crippen LogP) is 4.21. The molecule has 0 bridgehead atoms. The Kier molecular flexibility index (Phi) is 4.93. The molecule has 1 heterocycles. The van der Waals surface area contributed by atoms with E-state index >= 15 is 0 Å². The molecule has 0 aromatic carbocycles. The smallest absolute Gasteiger partial charge is 0.171 e. The average molecular weight is 429 g/mol. The molecule has 4 fully saturated rings. The van der Waals surface area contributed by atoms with Crippen molar-refractivity contribution in [2.75, 3.05) is 0 Å². The van der Waals surface area contributed by atoms with E-state index in [0.29, 0.717) is 34.8 Å². The lowest BCUT2D eigenvalue weighted by Gasteiger charge is -2.61. The van der Waals surface area contributed by atoms with Crippen LogP contribution in [0.4, 0.5) is 0 Å². The third-order valence-corrected chi connectivity index (χ3v) is 10.5. The van der Waals surface area contributed by atoms with Crippen molar-refractivity contribution in [3.05, 3.63) is 5.82 Å². The second-order valence-electron chi connectivity index (χ2n) is 12.4. The summed E-state index contributed by atoms with van der Waals surface area (Å²) in [4.78, 5) is 14.9. The van der Waals surface area contributed by atoms with Crippen molar-refractivity contribution in [2.45, 2.75) is 98.1 Å². The van der Waals surface area contributed by atoms with Gasteiger partial charge in [0, 0.05) is 5.92 Å². The van der Waals surface area contributed by atoms with Crippen LogP contribution in [-0.4, -0.2) is 36.7 Å². The molecule has 0 radical (unpaired) electrons. The minimum atomic E-state index is -0.479. The van der Waals surface area contributed by atoms with Crippen LogP contribution >= 0.6 is 0 Å². The fourth-order valence-electron chi connectivity index (χ4n) is 9.11. The molecule has 0 amide bonds. The molecule has 4 aliphatic carbocycles. The van der Waals surface area contributed by atoms with Gasteiger partial charge in [-0.1, -0.05) is 20.8 Å². The third kappa shape index (κ3) is 3.30. The standard InChI is InChI=1S/C25H40N4O2/c1-15-12-20-18-7-6-17-13-23(3,31)10-11-24(17,4)19(18)8-9-25(20,5)22(15)21(30)14-29-27-16(2)26-28-29/h15,17-20,22,31H,6-14H2,1-5H3/t15-,17+,18-,19+,20+,22-,23-,24+,25+/m1/s1. The van der Waals surface area contributed by atoms with E-state index in [1.54, 1.807) is 0 Å². The number of carbonyl (C=O) groups excluding carboxylic acids is 1. The van der Waals surface area contributed by atoms with E-state index in [4.69, 9.17) is 0 Å². The molecule has 4 saturated carbocycles. The van der Waals surface area contributed by atoms with Gasteiger partial charge in [0.25, 0.3) is 0 Å². The Balaban J connectivity index is 1.38. The van der Waals surface area contributed by atoms with Gasteiger partial charge in [-0.25, -0.2) is 0 Å². The van der Waals surface area contributed by atoms with Crippen LogP contribution in [0.5, 0.6) is 0 Å². The Labute approximate surface area is 186 Å². The molecule has 0 aliphatic heterocycles. The highest BCUT2D eigenvalue weighted by molar-refractivity contribution is 5.82. The molecule has 0 saturated heterocycles. The minimum Gasteiger partial charge on any atom is -0.390 e. The average Bonchev–Trinajstić information content (AvgIpc) is 3.21. The fraction of sp³-hybridized carbons (Fsp3) is 0.920. The van der Waals surface area contributed by atoms with Crippen molar-refractivity contribution in [3.63, 3.8) is 0 Å². The number of rotatable bonds is 3. The largest absolute Gasteiger partial charge is 0.390 e. The third-order valence-electron chi connectivity index (χ3n) is 10.5. The van der Waals surface area contributed by atoms with E-state index < -0.39 is 5.60 Å². The molecular formula is C25H40N4O2. The number of ketones is 1. The van der Waals surface area contributed by atoms with Crippen LogP contribution in [-0.2, 0) is 11.3 Å².